The summed E-state index contributed by atoms with van der Waals surface area (Å²) >= 11 is 0. The van der Waals surface area contributed by atoms with Crippen LogP contribution in [0, 0.1) is 5.92 Å². The molecular formula is C12H17N3O2. The van der Waals surface area contributed by atoms with Gasteiger partial charge in [-0.15, -0.1) is 0 Å². The van der Waals surface area contributed by atoms with Crippen LogP contribution in [-0.2, 0) is 0 Å². The van der Waals surface area contributed by atoms with E-state index in [4.69, 9.17) is 5.11 Å². The Morgan fingerprint density at radius 3 is 2.59 bits per heavy atom. The molecule has 5 nitrogen and oxygen atoms in total. The predicted octanol–water partition coefficient (Wildman–Crippen LogP) is 1.80. The second kappa shape index (κ2) is 4.69. The summed E-state index contributed by atoms with van der Waals surface area (Å²) in [6, 6.07) is 0.348. The molecule has 0 spiro atoms. The molecule has 0 aromatic carbocycles. The van der Waals surface area contributed by atoms with Crippen LogP contribution in [0.25, 0.3) is 0 Å². The van der Waals surface area contributed by atoms with Gasteiger partial charge in [0.1, 0.15) is 5.82 Å². The molecule has 0 atom stereocenters. The average Bonchev–Trinajstić information content (AvgIpc) is 3.09. The average molecular weight is 235 g/mol. The fraction of sp³-hybridized carbons (Fsp3) is 0.583. The molecule has 1 N–H and O–H groups in total. The molecule has 0 aliphatic heterocycles. The lowest BCUT2D eigenvalue weighted by Crippen LogP contribution is -2.33. The maximum absolute atomic E-state index is 10.7. The molecule has 0 radical (unpaired) electrons. The van der Waals surface area contributed by atoms with Gasteiger partial charge in [0.15, 0.2) is 5.69 Å². The second-order valence-corrected chi connectivity index (χ2v) is 4.75. The molecule has 5 heteroatoms. The fourth-order valence-corrected chi connectivity index (χ4v) is 1.73. The van der Waals surface area contributed by atoms with Crippen molar-refractivity contribution < 1.29 is 9.90 Å². The minimum absolute atomic E-state index is 0.0103. The lowest BCUT2D eigenvalue weighted by Gasteiger charge is -2.27. The number of aromatic nitrogens is 2. The van der Waals surface area contributed by atoms with E-state index >= 15 is 0 Å². The first kappa shape index (κ1) is 11.8. The standard InChI is InChI=1S/C12H17N3O2/c1-8(2)15(7-9-3-4-9)11-6-13-10(5-14-11)12(16)17/h5-6,8-9H,3-4,7H2,1-2H3,(H,16,17). The molecule has 1 aliphatic rings. The topological polar surface area (TPSA) is 66.3 Å². The van der Waals surface area contributed by atoms with Crippen molar-refractivity contribution in [2.75, 3.05) is 11.4 Å². The van der Waals surface area contributed by atoms with Crippen LogP contribution in [0.3, 0.4) is 0 Å². The first-order chi connectivity index (χ1) is 8.08. The molecule has 0 bridgehead atoms. The third-order valence-electron chi connectivity index (χ3n) is 2.93. The molecule has 92 valence electrons. The predicted molar refractivity (Wildman–Crippen MR) is 64.2 cm³/mol. The van der Waals surface area contributed by atoms with Crippen LogP contribution in [0.5, 0.6) is 0 Å². The first-order valence-corrected chi connectivity index (χ1v) is 5.90. The van der Waals surface area contributed by atoms with Crippen molar-refractivity contribution in [1.29, 1.82) is 0 Å². The van der Waals surface area contributed by atoms with Gasteiger partial charge in [0, 0.05) is 12.6 Å². The van der Waals surface area contributed by atoms with Gasteiger partial charge in [-0.2, -0.15) is 0 Å². The lowest BCUT2D eigenvalue weighted by molar-refractivity contribution is 0.0690. The third-order valence-corrected chi connectivity index (χ3v) is 2.93. The highest BCUT2D eigenvalue weighted by Gasteiger charge is 2.26. The Labute approximate surface area is 100 Å². The van der Waals surface area contributed by atoms with E-state index < -0.39 is 5.97 Å². The van der Waals surface area contributed by atoms with Crippen LogP contribution in [0.1, 0.15) is 37.2 Å². The molecule has 1 saturated carbocycles. The van der Waals surface area contributed by atoms with Gasteiger partial charge in [0.2, 0.25) is 0 Å². The summed E-state index contributed by atoms with van der Waals surface area (Å²) in [6.45, 7) is 5.20. The number of hydrogen-bond acceptors (Lipinski definition) is 4. The van der Waals surface area contributed by atoms with Crippen LogP contribution in [0.15, 0.2) is 12.4 Å². The smallest absolute Gasteiger partial charge is 0.356 e. The molecule has 1 aliphatic carbocycles. The van der Waals surface area contributed by atoms with Gasteiger partial charge >= 0.3 is 5.97 Å². The van der Waals surface area contributed by atoms with Gasteiger partial charge < -0.3 is 10.0 Å². The number of carboxylic acid groups (broad SMARTS) is 1. The molecule has 17 heavy (non-hydrogen) atoms. The van der Waals surface area contributed by atoms with E-state index in [1.54, 1.807) is 6.20 Å². The Morgan fingerprint density at radius 2 is 2.18 bits per heavy atom. The van der Waals surface area contributed by atoms with Crippen molar-refractivity contribution >= 4 is 11.8 Å². The Balaban J connectivity index is 2.14. The molecule has 1 heterocycles. The number of hydrogen-bond donors (Lipinski definition) is 1. The second-order valence-electron chi connectivity index (χ2n) is 4.75. The van der Waals surface area contributed by atoms with Crippen LogP contribution in [0.2, 0.25) is 0 Å². The van der Waals surface area contributed by atoms with E-state index in [-0.39, 0.29) is 5.69 Å². The normalized spacial score (nSPS) is 15.0. The number of nitrogens with zero attached hydrogens (tertiary/aromatic N) is 3. The molecule has 1 fully saturated rings. The highest BCUT2D eigenvalue weighted by molar-refractivity contribution is 5.84. The van der Waals surface area contributed by atoms with Crippen LogP contribution >= 0.6 is 0 Å². The summed E-state index contributed by atoms with van der Waals surface area (Å²) < 4.78 is 0. The maximum atomic E-state index is 10.7. The zero-order chi connectivity index (χ0) is 12.4. The summed E-state index contributed by atoms with van der Waals surface area (Å²) in [4.78, 5) is 21.0. The third kappa shape index (κ3) is 2.93. The van der Waals surface area contributed by atoms with E-state index in [2.05, 4.69) is 28.7 Å². The summed E-state index contributed by atoms with van der Waals surface area (Å²) in [5.41, 5.74) is -0.0103. The Bertz CT molecular complexity index is 399. The van der Waals surface area contributed by atoms with Crippen molar-refractivity contribution in [3.8, 4) is 0 Å². The fourth-order valence-electron chi connectivity index (χ4n) is 1.73. The van der Waals surface area contributed by atoms with Crippen LogP contribution in [-0.4, -0.2) is 33.6 Å². The molecule has 0 unspecified atom stereocenters. The number of carboxylic acids is 1. The van der Waals surface area contributed by atoms with E-state index in [0.717, 1.165) is 18.3 Å². The van der Waals surface area contributed by atoms with Crippen molar-refractivity contribution in [1.82, 2.24) is 9.97 Å². The molecular weight excluding hydrogens is 218 g/mol. The minimum Gasteiger partial charge on any atom is -0.476 e. The molecule has 0 saturated heterocycles. The number of rotatable bonds is 5. The Kier molecular flexibility index (Phi) is 3.26. The zero-order valence-corrected chi connectivity index (χ0v) is 10.1. The lowest BCUT2D eigenvalue weighted by atomic mass is 10.2. The van der Waals surface area contributed by atoms with Gasteiger partial charge in [-0.05, 0) is 32.6 Å². The summed E-state index contributed by atoms with van der Waals surface area (Å²) in [7, 11) is 0. The minimum atomic E-state index is -1.04. The van der Waals surface area contributed by atoms with E-state index in [9.17, 15) is 4.79 Å². The molecule has 1 aromatic heterocycles. The van der Waals surface area contributed by atoms with Crippen molar-refractivity contribution in [3.05, 3.63) is 18.1 Å². The Morgan fingerprint density at radius 1 is 1.47 bits per heavy atom. The number of aromatic carboxylic acids is 1. The van der Waals surface area contributed by atoms with Crippen molar-refractivity contribution in [2.24, 2.45) is 5.92 Å². The summed E-state index contributed by atoms with van der Waals surface area (Å²) in [5, 5.41) is 8.76. The maximum Gasteiger partial charge on any atom is 0.356 e. The summed E-state index contributed by atoms with van der Waals surface area (Å²) in [6.07, 6.45) is 5.43. The van der Waals surface area contributed by atoms with Crippen molar-refractivity contribution in [2.45, 2.75) is 32.7 Å². The highest BCUT2D eigenvalue weighted by atomic mass is 16.4. The summed E-state index contributed by atoms with van der Waals surface area (Å²) in [5.74, 6) is 0.484. The van der Waals surface area contributed by atoms with E-state index in [1.165, 1.54) is 19.0 Å². The Hall–Kier alpha value is -1.65. The SMILES string of the molecule is CC(C)N(CC1CC1)c1cnc(C(=O)O)cn1. The van der Waals surface area contributed by atoms with Gasteiger partial charge in [-0.1, -0.05) is 0 Å². The molecule has 0 amide bonds. The quantitative estimate of drug-likeness (QED) is 0.843. The zero-order valence-electron chi connectivity index (χ0n) is 10.1. The van der Waals surface area contributed by atoms with Gasteiger partial charge in [0.05, 0.1) is 12.4 Å². The van der Waals surface area contributed by atoms with Gasteiger partial charge in [-0.3, -0.25) is 0 Å². The first-order valence-electron chi connectivity index (χ1n) is 5.90. The van der Waals surface area contributed by atoms with Crippen LogP contribution < -0.4 is 4.90 Å². The van der Waals surface area contributed by atoms with Crippen LogP contribution in [0.4, 0.5) is 5.82 Å². The van der Waals surface area contributed by atoms with Crippen molar-refractivity contribution in [3.63, 3.8) is 0 Å². The van der Waals surface area contributed by atoms with Gasteiger partial charge in [-0.25, -0.2) is 14.8 Å². The van der Waals surface area contributed by atoms with Gasteiger partial charge in [0.25, 0.3) is 0 Å². The van der Waals surface area contributed by atoms with E-state index in [0.29, 0.717) is 6.04 Å². The number of carbonyl (C=O) groups is 1. The monoisotopic (exact) mass is 235 g/mol. The molecule has 1 aromatic rings. The highest BCUT2D eigenvalue weighted by Crippen LogP contribution is 2.31. The number of anilines is 1. The van der Waals surface area contributed by atoms with E-state index in [1.807, 2.05) is 0 Å². The molecule has 2 rings (SSSR count). The largest absolute Gasteiger partial charge is 0.476 e.